The lowest BCUT2D eigenvalue weighted by molar-refractivity contribution is 0.00179. The summed E-state index contributed by atoms with van der Waals surface area (Å²) in [6.07, 6.45) is 5.26. The highest BCUT2D eigenvalue weighted by Gasteiger charge is 2.56. The van der Waals surface area contributed by atoms with Crippen LogP contribution in [0.2, 0.25) is 16.6 Å². The fraction of sp³-hybridized carbons (Fsp3) is 1.00. The predicted molar refractivity (Wildman–Crippen MR) is 110 cm³/mol. The number of hydrogen-bond donors (Lipinski definition) is 0. The van der Waals surface area contributed by atoms with E-state index in [1.54, 1.807) is 0 Å². The smallest absolute Gasteiger partial charge is 0.200 e. The predicted octanol–water partition coefficient (Wildman–Crippen LogP) is 5.46. The average Bonchev–Trinajstić information content (AvgIpc) is 3.26. The lowest BCUT2D eigenvalue weighted by Gasteiger charge is -2.42. The van der Waals surface area contributed by atoms with Crippen LogP contribution in [0.15, 0.2) is 0 Å². The Morgan fingerprint density at radius 1 is 1.04 bits per heavy atom. The highest BCUT2D eigenvalue weighted by atomic mass is 28.4. The molecule has 3 nitrogen and oxygen atoms in total. The number of hydrogen-bond acceptors (Lipinski definition) is 3. The second-order valence-electron chi connectivity index (χ2n) is 9.31. The van der Waals surface area contributed by atoms with Gasteiger partial charge in [-0.05, 0) is 41.8 Å². The molecule has 1 saturated heterocycles. The molecule has 0 aromatic carbocycles. The fourth-order valence-electron chi connectivity index (χ4n) is 5.91. The molecular formula is C21H43NO2Si. The van der Waals surface area contributed by atoms with Crippen molar-refractivity contribution in [1.82, 2.24) is 4.90 Å². The monoisotopic (exact) mass is 369 g/mol. The van der Waals surface area contributed by atoms with Gasteiger partial charge in [0.15, 0.2) is 8.32 Å². The molecule has 0 N–H and O–H groups in total. The van der Waals surface area contributed by atoms with Crippen LogP contribution in [0.5, 0.6) is 0 Å². The van der Waals surface area contributed by atoms with Crippen LogP contribution < -0.4 is 0 Å². The Hall–Kier alpha value is 0.0969. The zero-order chi connectivity index (χ0) is 18.7. The molecule has 2 unspecified atom stereocenters. The van der Waals surface area contributed by atoms with E-state index in [2.05, 4.69) is 53.4 Å². The largest absolute Gasteiger partial charge is 0.416 e. The average molecular weight is 370 g/mol. The Balaban J connectivity index is 1.94. The summed E-state index contributed by atoms with van der Waals surface area (Å²) < 4.78 is 12.4. The van der Waals surface area contributed by atoms with E-state index in [0.29, 0.717) is 22.2 Å². The molecular weight excluding hydrogens is 326 g/mol. The van der Waals surface area contributed by atoms with E-state index in [4.69, 9.17) is 9.16 Å². The molecule has 1 aliphatic carbocycles. The number of rotatable bonds is 10. The second kappa shape index (κ2) is 8.86. The van der Waals surface area contributed by atoms with Crippen molar-refractivity contribution in [3.63, 3.8) is 0 Å². The number of ether oxygens (including phenoxy) is 1. The van der Waals surface area contributed by atoms with Crippen LogP contribution in [0.25, 0.3) is 0 Å². The molecule has 1 aliphatic heterocycles. The SMILES string of the molecule is CCCC1(N2CCOCC2)CC1CCO[Si](C(C)C)(C(C)C)C(C)C. The molecule has 1 heterocycles. The molecule has 0 amide bonds. The minimum atomic E-state index is -1.70. The molecule has 148 valence electrons. The molecule has 2 aliphatic rings. The second-order valence-corrected chi connectivity index (χ2v) is 14.8. The third kappa shape index (κ3) is 4.34. The molecule has 2 fully saturated rings. The van der Waals surface area contributed by atoms with Gasteiger partial charge in [0.2, 0.25) is 0 Å². The maximum atomic E-state index is 6.82. The molecule has 0 aromatic heterocycles. The van der Waals surface area contributed by atoms with Gasteiger partial charge in [0.1, 0.15) is 0 Å². The zero-order valence-corrected chi connectivity index (χ0v) is 18.9. The first-order valence-corrected chi connectivity index (χ1v) is 12.9. The van der Waals surface area contributed by atoms with E-state index in [-0.39, 0.29) is 0 Å². The van der Waals surface area contributed by atoms with Crippen molar-refractivity contribution in [2.24, 2.45) is 5.92 Å². The molecule has 0 bridgehead atoms. The van der Waals surface area contributed by atoms with Crippen molar-refractivity contribution in [1.29, 1.82) is 0 Å². The minimum Gasteiger partial charge on any atom is -0.416 e. The molecule has 4 heteroatoms. The van der Waals surface area contributed by atoms with E-state index >= 15 is 0 Å². The summed E-state index contributed by atoms with van der Waals surface area (Å²) in [5.41, 5.74) is 2.53. The van der Waals surface area contributed by atoms with Crippen LogP contribution in [0.4, 0.5) is 0 Å². The van der Waals surface area contributed by atoms with Gasteiger partial charge in [0.25, 0.3) is 0 Å². The Labute approximate surface area is 158 Å². The Kier molecular flexibility index (Phi) is 7.58. The van der Waals surface area contributed by atoms with Crippen molar-refractivity contribution >= 4 is 8.32 Å². The summed E-state index contributed by atoms with van der Waals surface area (Å²) >= 11 is 0. The first-order chi connectivity index (χ1) is 11.8. The van der Waals surface area contributed by atoms with Crippen LogP contribution in [0.1, 0.15) is 74.1 Å². The highest BCUT2D eigenvalue weighted by Crippen LogP contribution is 2.54. The molecule has 0 aromatic rings. The number of nitrogens with zero attached hydrogens (tertiary/aromatic N) is 1. The van der Waals surface area contributed by atoms with Gasteiger partial charge in [-0.25, -0.2) is 0 Å². The van der Waals surface area contributed by atoms with Gasteiger partial charge in [0, 0.05) is 25.2 Å². The maximum Gasteiger partial charge on any atom is 0.200 e. The summed E-state index contributed by atoms with van der Waals surface area (Å²) in [6, 6.07) is 0. The summed E-state index contributed by atoms with van der Waals surface area (Å²) in [5.74, 6) is 0.837. The van der Waals surface area contributed by atoms with Gasteiger partial charge in [-0.15, -0.1) is 0 Å². The van der Waals surface area contributed by atoms with Crippen LogP contribution >= 0.6 is 0 Å². The standard InChI is InChI=1S/C21H43NO2Si/c1-8-10-21(22-11-14-23-15-12-22)16-20(21)9-13-24-25(17(2)3,18(4)5)19(6)7/h17-20H,8-16H2,1-7H3. The topological polar surface area (TPSA) is 21.7 Å². The summed E-state index contributed by atoms with van der Waals surface area (Å²) in [6.45, 7) is 21.7. The van der Waals surface area contributed by atoms with Crippen LogP contribution in [-0.4, -0.2) is 51.7 Å². The van der Waals surface area contributed by atoms with Crippen molar-refractivity contribution in [3.05, 3.63) is 0 Å². The first-order valence-electron chi connectivity index (χ1n) is 10.8. The minimum absolute atomic E-state index is 0.472. The van der Waals surface area contributed by atoms with Crippen molar-refractivity contribution in [2.45, 2.75) is 96.3 Å². The molecule has 25 heavy (non-hydrogen) atoms. The summed E-state index contributed by atoms with van der Waals surface area (Å²) in [7, 11) is -1.70. The Morgan fingerprint density at radius 2 is 1.60 bits per heavy atom. The van der Waals surface area contributed by atoms with Gasteiger partial charge in [-0.3, -0.25) is 4.90 Å². The zero-order valence-electron chi connectivity index (χ0n) is 17.9. The van der Waals surface area contributed by atoms with E-state index in [1.165, 1.54) is 25.7 Å². The first kappa shape index (κ1) is 21.4. The fourth-order valence-corrected chi connectivity index (χ4v) is 11.4. The molecule has 1 saturated carbocycles. The summed E-state index contributed by atoms with van der Waals surface area (Å²) in [4.78, 5) is 2.74. The van der Waals surface area contributed by atoms with Gasteiger partial charge in [-0.1, -0.05) is 54.9 Å². The molecule has 0 spiro atoms. The van der Waals surface area contributed by atoms with Gasteiger partial charge < -0.3 is 9.16 Å². The van der Waals surface area contributed by atoms with Crippen molar-refractivity contribution in [2.75, 3.05) is 32.9 Å². The lowest BCUT2D eigenvalue weighted by atomic mass is 10.0. The third-order valence-corrected chi connectivity index (χ3v) is 13.2. The van der Waals surface area contributed by atoms with Gasteiger partial charge in [-0.2, -0.15) is 0 Å². The van der Waals surface area contributed by atoms with E-state index in [0.717, 1.165) is 38.8 Å². The van der Waals surface area contributed by atoms with Crippen molar-refractivity contribution < 1.29 is 9.16 Å². The molecule has 2 atom stereocenters. The van der Waals surface area contributed by atoms with E-state index in [1.807, 2.05) is 0 Å². The van der Waals surface area contributed by atoms with Crippen molar-refractivity contribution in [3.8, 4) is 0 Å². The van der Waals surface area contributed by atoms with Crippen LogP contribution in [0.3, 0.4) is 0 Å². The highest BCUT2D eigenvalue weighted by molar-refractivity contribution is 6.77. The third-order valence-electron chi connectivity index (χ3n) is 7.05. The van der Waals surface area contributed by atoms with E-state index in [9.17, 15) is 0 Å². The quantitative estimate of drug-likeness (QED) is 0.477. The van der Waals surface area contributed by atoms with E-state index < -0.39 is 8.32 Å². The van der Waals surface area contributed by atoms with Crippen LogP contribution in [0, 0.1) is 5.92 Å². The molecule has 2 rings (SSSR count). The lowest BCUT2D eigenvalue weighted by Crippen LogP contribution is -2.48. The normalized spacial score (nSPS) is 28.3. The molecule has 0 radical (unpaired) electrons. The Bertz CT molecular complexity index is 385. The van der Waals surface area contributed by atoms with Gasteiger partial charge >= 0.3 is 0 Å². The van der Waals surface area contributed by atoms with Crippen LogP contribution in [-0.2, 0) is 9.16 Å². The van der Waals surface area contributed by atoms with Gasteiger partial charge in [0.05, 0.1) is 13.2 Å². The summed E-state index contributed by atoms with van der Waals surface area (Å²) in [5, 5.41) is 0. The maximum absolute atomic E-state index is 6.82. The number of morpholine rings is 1. The Morgan fingerprint density at radius 3 is 2.08 bits per heavy atom.